The molecule has 1 fully saturated rings. The normalized spacial score (nSPS) is 21.9. The van der Waals surface area contributed by atoms with Crippen molar-refractivity contribution in [1.82, 2.24) is 9.80 Å². The molecule has 2 atom stereocenters. The summed E-state index contributed by atoms with van der Waals surface area (Å²) in [4.78, 5) is 16.7. The number of anilines is 1. The van der Waals surface area contributed by atoms with Gasteiger partial charge in [-0.15, -0.1) is 0 Å². The number of likely N-dealkylation sites (tertiary alicyclic amines) is 1. The molecule has 0 bridgehead atoms. The predicted octanol–water partition coefficient (Wildman–Crippen LogP) is 1.26. The Hall–Kier alpha value is -1.59. The predicted molar refractivity (Wildman–Crippen MR) is 84.6 cm³/mol. The summed E-state index contributed by atoms with van der Waals surface area (Å²) in [6, 6.07) is 7.63. The van der Waals surface area contributed by atoms with Crippen LogP contribution in [-0.2, 0) is 0 Å². The molecule has 1 aliphatic heterocycles. The minimum Gasteiger partial charge on any atom is -0.391 e. The fourth-order valence-electron chi connectivity index (χ4n) is 2.90. The molecule has 0 aliphatic carbocycles. The maximum atomic E-state index is 12.8. The van der Waals surface area contributed by atoms with E-state index in [1.54, 1.807) is 4.90 Å². The van der Waals surface area contributed by atoms with E-state index in [0.717, 1.165) is 18.8 Å². The number of nitrogens with zero attached hydrogens (tertiary/aromatic N) is 2. The largest absolute Gasteiger partial charge is 0.391 e. The number of carbonyl (C=O) groups excluding carboxylic acids is 1. The van der Waals surface area contributed by atoms with Crippen LogP contribution in [-0.4, -0.2) is 66.7 Å². The number of amides is 1. The van der Waals surface area contributed by atoms with Gasteiger partial charge in [-0.25, -0.2) is 0 Å². The third-order valence-electron chi connectivity index (χ3n) is 3.75. The Balaban J connectivity index is 2.21. The molecule has 5 heteroatoms. The number of para-hydroxylation sites is 1. The van der Waals surface area contributed by atoms with Gasteiger partial charge in [0.2, 0.25) is 0 Å². The smallest absolute Gasteiger partial charge is 0.256 e. The average molecular weight is 291 g/mol. The van der Waals surface area contributed by atoms with Crippen molar-refractivity contribution in [2.24, 2.45) is 0 Å². The Morgan fingerprint density at radius 2 is 2.14 bits per heavy atom. The summed E-state index contributed by atoms with van der Waals surface area (Å²) < 4.78 is 0. The molecule has 21 heavy (non-hydrogen) atoms. The molecule has 5 nitrogen and oxygen atoms in total. The zero-order chi connectivity index (χ0) is 15.4. The third-order valence-corrected chi connectivity index (χ3v) is 3.75. The van der Waals surface area contributed by atoms with Gasteiger partial charge < -0.3 is 20.2 Å². The van der Waals surface area contributed by atoms with Gasteiger partial charge in [-0.3, -0.25) is 4.79 Å². The number of benzene rings is 1. The Bertz CT molecular complexity index is 490. The Kier molecular flexibility index (Phi) is 5.20. The van der Waals surface area contributed by atoms with Crippen molar-refractivity contribution < 1.29 is 9.90 Å². The van der Waals surface area contributed by atoms with Crippen LogP contribution in [0.25, 0.3) is 0 Å². The first-order chi connectivity index (χ1) is 10.0. The number of aliphatic hydroxyl groups excluding tert-OH is 1. The van der Waals surface area contributed by atoms with Crippen LogP contribution in [0.4, 0.5) is 5.69 Å². The zero-order valence-electron chi connectivity index (χ0n) is 13.0. The van der Waals surface area contributed by atoms with Crippen molar-refractivity contribution in [2.45, 2.75) is 25.5 Å². The number of β-amino-alcohol motifs (C(OH)–C–C–N with tert-alkyl or cyclic N) is 1. The van der Waals surface area contributed by atoms with E-state index in [0.29, 0.717) is 18.5 Å². The van der Waals surface area contributed by atoms with E-state index in [9.17, 15) is 9.90 Å². The van der Waals surface area contributed by atoms with Gasteiger partial charge in [-0.1, -0.05) is 12.1 Å². The molecule has 0 saturated carbocycles. The molecule has 1 saturated heterocycles. The topological polar surface area (TPSA) is 55.8 Å². The molecule has 1 aromatic carbocycles. The summed E-state index contributed by atoms with van der Waals surface area (Å²) >= 11 is 0. The van der Waals surface area contributed by atoms with Crippen LogP contribution >= 0.6 is 0 Å². The Labute approximate surface area is 126 Å². The molecular weight excluding hydrogens is 266 g/mol. The Morgan fingerprint density at radius 3 is 2.81 bits per heavy atom. The second-order valence-electron chi connectivity index (χ2n) is 5.84. The lowest BCUT2D eigenvalue weighted by atomic mass is 10.1. The summed E-state index contributed by atoms with van der Waals surface area (Å²) in [6.45, 7) is 3.97. The molecule has 1 heterocycles. The quantitative estimate of drug-likeness (QED) is 0.857. The average Bonchev–Trinajstić information content (AvgIpc) is 2.79. The lowest BCUT2D eigenvalue weighted by Crippen LogP contribution is -2.41. The van der Waals surface area contributed by atoms with E-state index in [1.807, 2.05) is 45.3 Å². The van der Waals surface area contributed by atoms with Crippen LogP contribution < -0.4 is 5.32 Å². The fourth-order valence-corrected chi connectivity index (χ4v) is 2.90. The van der Waals surface area contributed by atoms with Gasteiger partial charge in [-0.2, -0.15) is 0 Å². The van der Waals surface area contributed by atoms with Crippen molar-refractivity contribution >= 4 is 11.6 Å². The summed E-state index contributed by atoms with van der Waals surface area (Å²) in [5, 5.41) is 13.2. The lowest BCUT2D eigenvalue weighted by molar-refractivity contribution is 0.0700. The van der Waals surface area contributed by atoms with Crippen molar-refractivity contribution in [3.8, 4) is 0 Å². The molecule has 1 aliphatic rings. The number of hydrogen-bond donors (Lipinski definition) is 2. The van der Waals surface area contributed by atoms with Crippen LogP contribution in [0.3, 0.4) is 0 Å². The molecular formula is C16H25N3O2. The lowest BCUT2D eigenvalue weighted by Gasteiger charge is -2.27. The molecule has 1 aromatic rings. The molecule has 2 N–H and O–H groups in total. The zero-order valence-corrected chi connectivity index (χ0v) is 13.0. The van der Waals surface area contributed by atoms with Crippen molar-refractivity contribution in [1.29, 1.82) is 0 Å². The number of likely N-dealkylation sites (N-methyl/N-ethyl adjacent to an activating group) is 1. The molecule has 0 radical (unpaired) electrons. The molecule has 2 rings (SSSR count). The fraction of sp³-hybridized carbons (Fsp3) is 0.562. The third kappa shape index (κ3) is 3.74. The van der Waals surface area contributed by atoms with Gasteiger partial charge in [0.15, 0.2) is 0 Å². The van der Waals surface area contributed by atoms with Crippen molar-refractivity contribution in [2.75, 3.05) is 39.0 Å². The number of hydrogen-bond acceptors (Lipinski definition) is 4. The van der Waals surface area contributed by atoms with Gasteiger partial charge >= 0.3 is 0 Å². The Morgan fingerprint density at radius 1 is 1.43 bits per heavy atom. The van der Waals surface area contributed by atoms with Gasteiger partial charge in [0.25, 0.3) is 5.91 Å². The minimum atomic E-state index is -0.426. The van der Waals surface area contributed by atoms with Gasteiger partial charge in [0.1, 0.15) is 0 Å². The number of aliphatic hydroxyl groups is 1. The van der Waals surface area contributed by atoms with Crippen LogP contribution in [0.5, 0.6) is 0 Å². The molecule has 0 aromatic heterocycles. The monoisotopic (exact) mass is 291 g/mol. The highest BCUT2D eigenvalue weighted by Crippen LogP contribution is 2.24. The highest BCUT2D eigenvalue weighted by atomic mass is 16.3. The maximum absolute atomic E-state index is 12.8. The number of nitrogens with one attached hydrogen (secondary N) is 1. The first-order valence-corrected chi connectivity index (χ1v) is 7.49. The summed E-state index contributed by atoms with van der Waals surface area (Å²) in [7, 11) is 3.97. The van der Waals surface area contributed by atoms with Crippen molar-refractivity contribution in [3.63, 3.8) is 0 Å². The van der Waals surface area contributed by atoms with E-state index >= 15 is 0 Å². The van der Waals surface area contributed by atoms with E-state index in [4.69, 9.17) is 0 Å². The molecule has 2 unspecified atom stereocenters. The maximum Gasteiger partial charge on any atom is 0.256 e. The highest BCUT2D eigenvalue weighted by Gasteiger charge is 2.35. The van der Waals surface area contributed by atoms with Gasteiger partial charge in [0, 0.05) is 31.4 Å². The standard InChI is InChI=1S/C16H25N3O2/c1-4-17-15-8-6-5-7-14(15)16(21)19-11-13(20)9-12(19)10-18(2)3/h5-8,12-13,17,20H,4,9-11H2,1-3H3. The summed E-state index contributed by atoms with van der Waals surface area (Å²) in [6.07, 6.45) is 0.220. The number of rotatable bonds is 5. The first kappa shape index (κ1) is 15.8. The van der Waals surface area contributed by atoms with Crippen LogP contribution in [0.15, 0.2) is 24.3 Å². The molecule has 0 spiro atoms. The summed E-state index contributed by atoms with van der Waals surface area (Å²) in [5.74, 6) is -0.00468. The van der Waals surface area contributed by atoms with E-state index in [2.05, 4.69) is 10.2 Å². The SMILES string of the molecule is CCNc1ccccc1C(=O)N1CC(O)CC1CN(C)C. The minimum absolute atomic E-state index is 0.00468. The second kappa shape index (κ2) is 6.91. The summed E-state index contributed by atoms with van der Waals surface area (Å²) in [5.41, 5.74) is 1.53. The second-order valence-corrected chi connectivity index (χ2v) is 5.84. The van der Waals surface area contributed by atoms with Gasteiger partial charge in [-0.05, 0) is 39.6 Å². The van der Waals surface area contributed by atoms with Crippen LogP contribution in [0.1, 0.15) is 23.7 Å². The number of carbonyl (C=O) groups is 1. The van der Waals surface area contributed by atoms with Gasteiger partial charge in [0.05, 0.1) is 11.7 Å². The first-order valence-electron chi connectivity index (χ1n) is 7.49. The van der Waals surface area contributed by atoms with Crippen LogP contribution in [0, 0.1) is 0 Å². The molecule has 1 amide bonds. The van der Waals surface area contributed by atoms with E-state index in [-0.39, 0.29) is 11.9 Å². The molecule has 116 valence electrons. The van der Waals surface area contributed by atoms with E-state index in [1.165, 1.54) is 0 Å². The van der Waals surface area contributed by atoms with E-state index < -0.39 is 6.10 Å². The van der Waals surface area contributed by atoms with Crippen LogP contribution in [0.2, 0.25) is 0 Å². The highest BCUT2D eigenvalue weighted by molar-refractivity contribution is 6.00. The van der Waals surface area contributed by atoms with Crippen molar-refractivity contribution in [3.05, 3.63) is 29.8 Å².